The molecule has 4 heterocycles. The fourth-order valence-electron chi connectivity index (χ4n) is 9.01. The summed E-state index contributed by atoms with van der Waals surface area (Å²) in [6.07, 6.45) is 8.58. The first-order chi connectivity index (χ1) is 28.2. The maximum absolute atomic E-state index is 6.44. The minimum absolute atomic E-state index is 0.00401. The van der Waals surface area contributed by atoms with Crippen LogP contribution in [0.1, 0.15) is 30.1 Å². The Hall–Kier alpha value is -6.73. The van der Waals surface area contributed by atoms with Crippen molar-refractivity contribution in [1.29, 1.82) is 0 Å². The number of hydrogen-bond donors (Lipinski definition) is 2. The maximum atomic E-state index is 6.44. The summed E-state index contributed by atoms with van der Waals surface area (Å²) in [6.45, 7) is 0. The van der Waals surface area contributed by atoms with Crippen LogP contribution in [0.5, 0.6) is 0 Å². The zero-order chi connectivity index (χ0) is 37.5. The zero-order valence-electron chi connectivity index (χ0n) is 30.9. The summed E-state index contributed by atoms with van der Waals surface area (Å²) in [4.78, 5) is 5.24. The number of aliphatic imine (C=N–C) groups is 1. The number of para-hydroxylation sites is 2. The van der Waals surface area contributed by atoms with Crippen LogP contribution in [-0.4, -0.2) is 16.6 Å². The fraction of sp³-hybridized carbons (Fsp3) is 0.0784. The molecule has 7 aromatic carbocycles. The van der Waals surface area contributed by atoms with Crippen molar-refractivity contribution >= 4 is 81.1 Å². The van der Waals surface area contributed by atoms with Gasteiger partial charge in [0.1, 0.15) is 29.3 Å². The van der Waals surface area contributed by atoms with Gasteiger partial charge in [0.15, 0.2) is 0 Å². The van der Waals surface area contributed by atoms with Gasteiger partial charge in [-0.15, -0.1) is 11.3 Å². The molecule has 0 bridgehead atoms. The molecule has 2 N–H and O–H groups in total. The lowest BCUT2D eigenvalue weighted by molar-refractivity contribution is 0.429. The summed E-state index contributed by atoms with van der Waals surface area (Å²) >= 11 is 1.86. The van der Waals surface area contributed by atoms with Gasteiger partial charge in [0.05, 0.1) is 11.0 Å². The Morgan fingerprint density at radius 2 is 1.37 bits per heavy atom. The second-order valence-electron chi connectivity index (χ2n) is 15.1. The van der Waals surface area contributed by atoms with Crippen LogP contribution < -0.4 is 10.6 Å². The molecule has 272 valence electrons. The largest absolute Gasteiger partial charge is 0.456 e. The molecule has 2 unspecified atom stereocenters. The van der Waals surface area contributed by atoms with Crippen molar-refractivity contribution < 1.29 is 4.42 Å². The summed E-state index contributed by atoms with van der Waals surface area (Å²) in [6, 6.07) is 54.6. The molecule has 2 aliphatic rings. The zero-order valence-corrected chi connectivity index (χ0v) is 31.8. The van der Waals surface area contributed by atoms with E-state index >= 15 is 0 Å². The van der Waals surface area contributed by atoms with Gasteiger partial charge in [-0.3, -0.25) is 5.32 Å². The smallest absolute Gasteiger partial charge is 0.135 e. The number of rotatable bonds is 5. The van der Waals surface area contributed by atoms with Gasteiger partial charge in [-0.25, -0.2) is 4.99 Å². The molecular formula is C51H36N4OS. The highest BCUT2D eigenvalue weighted by molar-refractivity contribution is 7.26. The van der Waals surface area contributed by atoms with Gasteiger partial charge in [0.2, 0.25) is 0 Å². The average molecular weight is 753 g/mol. The van der Waals surface area contributed by atoms with E-state index in [1.165, 1.54) is 58.7 Å². The molecule has 0 fully saturated rings. The Bertz CT molecular complexity index is 3270. The molecule has 0 spiro atoms. The van der Waals surface area contributed by atoms with Crippen molar-refractivity contribution in [2.45, 2.75) is 25.2 Å². The van der Waals surface area contributed by atoms with Crippen molar-refractivity contribution in [3.63, 3.8) is 0 Å². The van der Waals surface area contributed by atoms with Gasteiger partial charge in [-0.1, -0.05) is 121 Å². The number of aromatic nitrogens is 1. The van der Waals surface area contributed by atoms with Crippen LogP contribution in [0.25, 0.3) is 80.7 Å². The van der Waals surface area contributed by atoms with Gasteiger partial charge in [-0.2, -0.15) is 0 Å². The minimum Gasteiger partial charge on any atom is -0.456 e. The Labute approximate surface area is 332 Å². The molecule has 2 atom stereocenters. The molecule has 57 heavy (non-hydrogen) atoms. The SMILES string of the molecule is C1=CCCC(C2NC(c3ccc4c(c3)sc3c(-c5ccc6oc7ccc(-n8c9ccccc9c9ccccc98)cc7c6c5)cccc34)=NC(c3ccccc3)N2)=C1. The highest BCUT2D eigenvalue weighted by Crippen LogP contribution is 2.42. The van der Waals surface area contributed by atoms with Crippen LogP contribution in [0.4, 0.5) is 0 Å². The standard InChI is InChI=1S/C51H36N4OS/c1-3-12-31(13-4-1)49-52-50(32-14-5-2-6-15-32)54-51(53-49)34-22-25-39-40-19-11-18-36(48(40)57-47(39)29-34)33-23-26-45-41(28-33)42-30-35(24-27-46(42)56-45)55-43-20-9-7-16-37(43)38-17-8-10-21-44(38)55/h1-5,7-14,16-30,49-50,52H,6,15H2,(H,53,54). The van der Waals surface area contributed by atoms with Crippen molar-refractivity contribution in [2.75, 3.05) is 0 Å². The third-order valence-electron chi connectivity index (χ3n) is 11.8. The summed E-state index contributed by atoms with van der Waals surface area (Å²) < 4.78 is 11.3. The fourth-order valence-corrected chi connectivity index (χ4v) is 10.3. The molecule has 1 aliphatic carbocycles. The molecule has 6 heteroatoms. The van der Waals surface area contributed by atoms with E-state index in [0.717, 1.165) is 57.4 Å². The van der Waals surface area contributed by atoms with Crippen LogP contribution in [0.3, 0.4) is 0 Å². The molecule has 10 aromatic rings. The van der Waals surface area contributed by atoms with Crippen LogP contribution in [0, 0.1) is 0 Å². The minimum atomic E-state index is -0.143. The van der Waals surface area contributed by atoms with Gasteiger partial charge in [0, 0.05) is 53.0 Å². The van der Waals surface area contributed by atoms with Crippen LogP contribution in [0.2, 0.25) is 0 Å². The van der Waals surface area contributed by atoms with E-state index in [9.17, 15) is 0 Å². The monoisotopic (exact) mass is 752 g/mol. The van der Waals surface area contributed by atoms with E-state index in [1.807, 2.05) is 11.3 Å². The molecule has 0 saturated heterocycles. The Balaban J connectivity index is 0.955. The molecular weight excluding hydrogens is 717 g/mol. The van der Waals surface area contributed by atoms with Crippen LogP contribution in [0.15, 0.2) is 185 Å². The average Bonchev–Trinajstić information content (AvgIpc) is 3.95. The predicted octanol–water partition coefficient (Wildman–Crippen LogP) is 13.0. The van der Waals surface area contributed by atoms with Crippen molar-refractivity contribution in [1.82, 2.24) is 15.2 Å². The van der Waals surface area contributed by atoms with Crippen molar-refractivity contribution in [3.05, 3.63) is 187 Å². The quantitative estimate of drug-likeness (QED) is 0.184. The normalized spacial score (nSPS) is 17.2. The Morgan fingerprint density at radius 3 is 2.18 bits per heavy atom. The number of amidine groups is 1. The first kappa shape index (κ1) is 32.5. The van der Waals surface area contributed by atoms with Gasteiger partial charge < -0.3 is 14.3 Å². The van der Waals surface area contributed by atoms with E-state index in [2.05, 4.69) is 185 Å². The lowest BCUT2D eigenvalue weighted by Crippen LogP contribution is -2.52. The molecule has 0 amide bonds. The van der Waals surface area contributed by atoms with Gasteiger partial charge >= 0.3 is 0 Å². The second kappa shape index (κ2) is 12.9. The van der Waals surface area contributed by atoms with E-state index in [-0.39, 0.29) is 12.3 Å². The second-order valence-corrected chi connectivity index (χ2v) is 16.2. The summed E-state index contributed by atoms with van der Waals surface area (Å²) in [5, 5.41) is 14.8. The van der Waals surface area contributed by atoms with E-state index < -0.39 is 0 Å². The van der Waals surface area contributed by atoms with Gasteiger partial charge in [0.25, 0.3) is 0 Å². The first-order valence-corrected chi connectivity index (χ1v) is 20.5. The number of furan rings is 1. The number of thiophene rings is 1. The molecule has 3 aromatic heterocycles. The summed E-state index contributed by atoms with van der Waals surface area (Å²) in [5.74, 6) is 0.917. The maximum Gasteiger partial charge on any atom is 0.135 e. The molecule has 1 aliphatic heterocycles. The number of fused-ring (bicyclic) bond motifs is 9. The third-order valence-corrected chi connectivity index (χ3v) is 13.0. The first-order valence-electron chi connectivity index (χ1n) is 19.7. The lowest BCUT2D eigenvalue weighted by atomic mass is 9.99. The van der Waals surface area contributed by atoms with Gasteiger partial charge in [-0.05, 0) is 83.6 Å². The van der Waals surface area contributed by atoms with Crippen molar-refractivity contribution in [3.8, 4) is 16.8 Å². The number of nitrogens with one attached hydrogen (secondary N) is 2. The number of benzene rings is 7. The van der Waals surface area contributed by atoms with E-state index in [0.29, 0.717) is 0 Å². The lowest BCUT2D eigenvalue weighted by Gasteiger charge is -2.33. The number of hydrogen-bond acceptors (Lipinski definition) is 5. The Morgan fingerprint density at radius 1 is 0.632 bits per heavy atom. The van der Waals surface area contributed by atoms with Crippen LogP contribution in [-0.2, 0) is 0 Å². The number of allylic oxidation sites excluding steroid dienone is 3. The highest BCUT2D eigenvalue weighted by Gasteiger charge is 2.27. The van der Waals surface area contributed by atoms with Crippen LogP contribution >= 0.6 is 11.3 Å². The molecule has 0 radical (unpaired) electrons. The van der Waals surface area contributed by atoms with E-state index in [1.54, 1.807) is 0 Å². The van der Waals surface area contributed by atoms with Crippen molar-refractivity contribution in [2.24, 2.45) is 4.99 Å². The highest BCUT2D eigenvalue weighted by atomic mass is 32.1. The topological polar surface area (TPSA) is 54.5 Å². The molecule has 12 rings (SSSR count). The third kappa shape index (κ3) is 5.29. The van der Waals surface area contributed by atoms with E-state index in [4.69, 9.17) is 9.41 Å². The molecule has 5 nitrogen and oxygen atoms in total. The summed E-state index contributed by atoms with van der Waals surface area (Å²) in [7, 11) is 0. The molecule has 0 saturated carbocycles. The predicted molar refractivity (Wildman–Crippen MR) is 239 cm³/mol. The summed E-state index contributed by atoms with van der Waals surface area (Å²) in [5.41, 5.74) is 11.3. The Kier molecular flexibility index (Phi) is 7.37. The number of nitrogens with zero attached hydrogens (tertiary/aromatic N) is 2.